The summed E-state index contributed by atoms with van der Waals surface area (Å²) in [4.78, 5) is 11.6. The van der Waals surface area contributed by atoms with Gasteiger partial charge in [0, 0.05) is 12.0 Å². The molecule has 1 aliphatic rings. The van der Waals surface area contributed by atoms with E-state index >= 15 is 0 Å². The Hall–Kier alpha value is -2.07. The predicted octanol–water partition coefficient (Wildman–Crippen LogP) is 3.66. The lowest BCUT2D eigenvalue weighted by Gasteiger charge is -2.21. The Kier molecular flexibility index (Phi) is 4.06. The van der Waals surface area contributed by atoms with Crippen LogP contribution >= 0.6 is 0 Å². The highest BCUT2D eigenvalue weighted by molar-refractivity contribution is 5.86. The Balaban J connectivity index is 1.74. The van der Waals surface area contributed by atoms with Gasteiger partial charge in [0.05, 0.1) is 19.8 Å². The van der Waals surface area contributed by atoms with Gasteiger partial charge >= 0.3 is 5.97 Å². The number of ether oxygens (including phenoxy) is 2. The van der Waals surface area contributed by atoms with Gasteiger partial charge < -0.3 is 13.9 Å². The highest BCUT2D eigenvalue weighted by Gasteiger charge is 2.27. The number of furan rings is 1. The first-order chi connectivity index (χ1) is 10.3. The van der Waals surface area contributed by atoms with Crippen LogP contribution in [0.1, 0.15) is 46.4 Å². The zero-order valence-electron chi connectivity index (χ0n) is 12.0. The molecule has 110 valence electrons. The maximum absolute atomic E-state index is 11.6. The zero-order valence-corrected chi connectivity index (χ0v) is 12.0. The summed E-state index contributed by atoms with van der Waals surface area (Å²) in [5.74, 6) is 0.670. The topological polar surface area (TPSA) is 48.7 Å². The molecule has 0 aliphatic heterocycles. The van der Waals surface area contributed by atoms with E-state index in [1.165, 1.54) is 7.11 Å². The molecule has 0 saturated heterocycles. The van der Waals surface area contributed by atoms with Crippen LogP contribution in [0.3, 0.4) is 0 Å². The molecule has 0 spiro atoms. The Morgan fingerprint density at radius 1 is 1.33 bits per heavy atom. The largest absolute Gasteiger partial charge is 0.463 e. The molecule has 3 rings (SSSR count). The number of hydrogen-bond acceptors (Lipinski definition) is 4. The fraction of sp³-hybridized carbons (Fsp3) is 0.353. The van der Waals surface area contributed by atoms with Crippen LogP contribution in [-0.2, 0) is 22.5 Å². The van der Waals surface area contributed by atoms with E-state index in [1.54, 1.807) is 6.07 Å². The van der Waals surface area contributed by atoms with Crippen molar-refractivity contribution in [3.8, 4) is 0 Å². The van der Waals surface area contributed by atoms with Crippen molar-refractivity contribution in [2.45, 2.75) is 32.0 Å². The van der Waals surface area contributed by atoms with Gasteiger partial charge in [0.2, 0.25) is 5.76 Å². The third kappa shape index (κ3) is 3.00. The number of fused-ring (bicyclic) bond motifs is 1. The summed E-state index contributed by atoms with van der Waals surface area (Å²) < 4.78 is 16.3. The molecule has 1 unspecified atom stereocenters. The standard InChI is InChI=1S/C17H18O4/c1-19-17(18)16-10-13-14(8-5-9-15(13)21-16)20-11-12-6-3-2-4-7-12/h2-4,6-7,10,14H,5,8-9,11H2,1H3. The van der Waals surface area contributed by atoms with Crippen molar-refractivity contribution >= 4 is 5.97 Å². The first-order valence-electron chi connectivity index (χ1n) is 7.14. The SMILES string of the molecule is COC(=O)c1cc2c(o1)CCCC2OCc1ccccc1. The fourth-order valence-electron chi connectivity index (χ4n) is 2.66. The number of benzene rings is 1. The van der Waals surface area contributed by atoms with Crippen LogP contribution in [0.15, 0.2) is 40.8 Å². The maximum atomic E-state index is 11.6. The summed E-state index contributed by atoms with van der Waals surface area (Å²) in [5, 5.41) is 0. The number of carbonyl (C=O) groups is 1. The van der Waals surface area contributed by atoms with Crippen molar-refractivity contribution in [3.05, 3.63) is 59.0 Å². The van der Waals surface area contributed by atoms with Gasteiger partial charge in [-0.3, -0.25) is 0 Å². The van der Waals surface area contributed by atoms with Gasteiger partial charge in [-0.15, -0.1) is 0 Å². The Labute approximate surface area is 123 Å². The van der Waals surface area contributed by atoms with Crippen LogP contribution in [0.25, 0.3) is 0 Å². The second kappa shape index (κ2) is 6.14. The van der Waals surface area contributed by atoms with Gasteiger partial charge in [0.25, 0.3) is 0 Å². The van der Waals surface area contributed by atoms with E-state index in [9.17, 15) is 4.79 Å². The van der Waals surface area contributed by atoms with E-state index < -0.39 is 5.97 Å². The summed E-state index contributed by atoms with van der Waals surface area (Å²) in [6.07, 6.45) is 2.77. The summed E-state index contributed by atoms with van der Waals surface area (Å²) in [6.45, 7) is 0.559. The third-order valence-corrected chi connectivity index (χ3v) is 3.74. The molecule has 0 bridgehead atoms. The molecule has 0 amide bonds. The molecule has 1 aromatic heterocycles. The van der Waals surface area contributed by atoms with Crippen molar-refractivity contribution in [2.75, 3.05) is 7.11 Å². The molecule has 21 heavy (non-hydrogen) atoms. The van der Waals surface area contributed by atoms with Crippen LogP contribution in [0.5, 0.6) is 0 Å². The summed E-state index contributed by atoms with van der Waals surface area (Å²) in [6, 6.07) is 11.8. The number of carbonyl (C=O) groups excluding carboxylic acids is 1. The molecular weight excluding hydrogens is 268 g/mol. The number of rotatable bonds is 4. The highest BCUT2D eigenvalue weighted by atomic mass is 16.5. The molecule has 1 heterocycles. The van der Waals surface area contributed by atoms with Crippen molar-refractivity contribution in [1.29, 1.82) is 0 Å². The zero-order chi connectivity index (χ0) is 14.7. The second-order valence-corrected chi connectivity index (χ2v) is 5.16. The van der Waals surface area contributed by atoms with E-state index in [-0.39, 0.29) is 11.9 Å². The van der Waals surface area contributed by atoms with Gasteiger partial charge in [0.1, 0.15) is 5.76 Å². The predicted molar refractivity (Wildman–Crippen MR) is 77.0 cm³/mol. The highest BCUT2D eigenvalue weighted by Crippen LogP contribution is 2.35. The average Bonchev–Trinajstić information content (AvgIpc) is 2.97. The van der Waals surface area contributed by atoms with E-state index in [1.807, 2.05) is 30.3 Å². The van der Waals surface area contributed by atoms with Gasteiger partial charge in [0.15, 0.2) is 0 Å². The van der Waals surface area contributed by atoms with Crippen molar-refractivity contribution in [1.82, 2.24) is 0 Å². The molecule has 1 atom stereocenters. The van der Waals surface area contributed by atoms with E-state index in [0.717, 1.165) is 36.1 Å². The molecule has 0 radical (unpaired) electrons. The first-order valence-corrected chi connectivity index (χ1v) is 7.14. The van der Waals surface area contributed by atoms with Crippen LogP contribution < -0.4 is 0 Å². The van der Waals surface area contributed by atoms with E-state index in [0.29, 0.717) is 6.61 Å². The number of methoxy groups -OCH3 is 1. The molecule has 1 aromatic carbocycles. The Bertz CT molecular complexity index is 615. The molecule has 4 nitrogen and oxygen atoms in total. The van der Waals surface area contributed by atoms with E-state index in [2.05, 4.69) is 0 Å². The lowest BCUT2D eigenvalue weighted by molar-refractivity contribution is 0.0267. The molecule has 0 fully saturated rings. The normalized spacial score (nSPS) is 17.3. The van der Waals surface area contributed by atoms with Gasteiger partial charge in [-0.05, 0) is 24.5 Å². The molecule has 1 aliphatic carbocycles. The summed E-state index contributed by atoms with van der Waals surface area (Å²) in [7, 11) is 1.35. The monoisotopic (exact) mass is 286 g/mol. The minimum Gasteiger partial charge on any atom is -0.463 e. The summed E-state index contributed by atoms with van der Waals surface area (Å²) >= 11 is 0. The lowest BCUT2D eigenvalue weighted by atomic mass is 9.95. The quantitative estimate of drug-likeness (QED) is 0.805. The first kappa shape index (κ1) is 13.9. The Morgan fingerprint density at radius 2 is 2.14 bits per heavy atom. The molecule has 4 heteroatoms. The smallest absolute Gasteiger partial charge is 0.373 e. The fourth-order valence-corrected chi connectivity index (χ4v) is 2.66. The second-order valence-electron chi connectivity index (χ2n) is 5.16. The van der Waals surface area contributed by atoms with Crippen LogP contribution in [0, 0.1) is 0 Å². The molecular formula is C17H18O4. The molecule has 0 N–H and O–H groups in total. The lowest BCUT2D eigenvalue weighted by Crippen LogP contribution is -2.11. The minimum absolute atomic E-state index is 0.0175. The van der Waals surface area contributed by atoms with Crippen molar-refractivity contribution in [3.63, 3.8) is 0 Å². The molecule has 0 saturated carbocycles. The van der Waals surface area contributed by atoms with Crippen LogP contribution in [-0.4, -0.2) is 13.1 Å². The van der Waals surface area contributed by atoms with Crippen LogP contribution in [0.2, 0.25) is 0 Å². The number of aryl methyl sites for hydroxylation is 1. The molecule has 2 aromatic rings. The van der Waals surface area contributed by atoms with Gasteiger partial charge in [-0.25, -0.2) is 4.79 Å². The number of hydrogen-bond donors (Lipinski definition) is 0. The van der Waals surface area contributed by atoms with Crippen LogP contribution in [0.4, 0.5) is 0 Å². The van der Waals surface area contributed by atoms with Gasteiger partial charge in [-0.2, -0.15) is 0 Å². The third-order valence-electron chi connectivity index (χ3n) is 3.74. The van der Waals surface area contributed by atoms with Crippen molar-refractivity contribution < 1.29 is 18.7 Å². The number of esters is 1. The Morgan fingerprint density at radius 3 is 2.90 bits per heavy atom. The maximum Gasteiger partial charge on any atom is 0.373 e. The van der Waals surface area contributed by atoms with Crippen molar-refractivity contribution in [2.24, 2.45) is 0 Å². The summed E-state index contributed by atoms with van der Waals surface area (Å²) in [5.41, 5.74) is 2.12. The van der Waals surface area contributed by atoms with E-state index in [4.69, 9.17) is 13.9 Å². The minimum atomic E-state index is -0.439. The average molecular weight is 286 g/mol. The van der Waals surface area contributed by atoms with Gasteiger partial charge in [-0.1, -0.05) is 30.3 Å².